The van der Waals surface area contributed by atoms with Crippen LogP contribution in [-0.2, 0) is 32.6 Å². The fourth-order valence-electron chi connectivity index (χ4n) is 2.23. The van der Waals surface area contributed by atoms with Gasteiger partial charge in [-0.2, -0.15) is 0 Å². The Hall–Kier alpha value is -2.74. The summed E-state index contributed by atoms with van der Waals surface area (Å²) in [4.78, 5) is 38.7. The van der Waals surface area contributed by atoms with Crippen LogP contribution in [0.4, 0.5) is 5.69 Å². The Labute approximate surface area is 161 Å². The van der Waals surface area contributed by atoms with Gasteiger partial charge < -0.3 is 15.7 Å². The number of anilines is 1. The zero-order valence-corrected chi connectivity index (χ0v) is 16.4. The van der Waals surface area contributed by atoms with Gasteiger partial charge >= 0.3 is 5.97 Å². The molecule has 0 unspecified atom stereocenters. The summed E-state index contributed by atoms with van der Waals surface area (Å²) in [5.74, 6) is -1.61. The van der Waals surface area contributed by atoms with Gasteiger partial charge in [-0.25, -0.2) is 4.98 Å². The zero-order chi connectivity index (χ0) is 20.0. The molecular formula is C19H23N3O4S. The Kier molecular flexibility index (Phi) is 6.68. The van der Waals surface area contributed by atoms with Crippen LogP contribution in [0.15, 0.2) is 29.6 Å². The van der Waals surface area contributed by atoms with Gasteiger partial charge in [-0.3, -0.25) is 14.4 Å². The number of aromatic nitrogens is 1. The molecule has 0 saturated heterocycles. The van der Waals surface area contributed by atoms with Crippen LogP contribution in [-0.4, -0.2) is 34.4 Å². The fraction of sp³-hybridized carbons (Fsp3) is 0.368. The van der Waals surface area contributed by atoms with Crippen molar-refractivity contribution in [1.82, 2.24) is 10.3 Å². The van der Waals surface area contributed by atoms with Gasteiger partial charge in [0.25, 0.3) is 0 Å². The third-order valence-corrected chi connectivity index (χ3v) is 4.89. The van der Waals surface area contributed by atoms with E-state index in [1.165, 1.54) is 0 Å². The number of rotatable bonds is 7. The van der Waals surface area contributed by atoms with Crippen LogP contribution < -0.4 is 10.6 Å². The van der Waals surface area contributed by atoms with Crippen molar-refractivity contribution in [2.75, 3.05) is 11.9 Å². The predicted molar refractivity (Wildman–Crippen MR) is 104 cm³/mol. The molecule has 7 nitrogen and oxygen atoms in total. The maximum Gasteiger partial charge on any atom is 0.322 e. The minimum absolute atomic E-state index is 0.0357. The monoisotopic (exact) mass is 389 g/mol. The highest BCUT2D eigenvalue weighted by molar-refractivity contribution is 7.09. The third-order valence-electron chi connectivity index (χ3n) is 3.57. The molecule has 0 atom stereocenters. The second kappa shape index (κ2) is 8.77. The van der Waals surface area contributed by atoms with Crippen molar-refractivity contribution in [1.29, 1.82) is 0 Å². The average Bonchev–Trinajstić information content (AvgIpc) is 3.03. The van der Waals surface area contributed by atoms with Gasteiger partial charge in [-0.15, -0.1) is 11.3 Å². The summed E-state index contributed by atoms with van der Waals surface area (Å²) in [6, 6.07) is 6.85. The van der Waals surface area contributed by atoms with Gasteiger partial charge in [0.1, 0.15) is 6.54 Å². The highest BCUT2D eigenvalue weighted by atomic mass is 32.1. The quantitative estimate of drug-likeness (QED) is 0.674. The lowest BCUT2D eigenvalue weighted by Gasteiger charge is -2.13. The van der Waals surface area contributed by atoms with Crippen molar-refractivity contribution in [3.05, 3.63) is 45.9 Å². The molecule has 0 aliphatic heterocycles. The van der Waals surface area contributed by atoms with Crippen LogP contribution in [0, 0.1) is 0 Å². The van der Waals surface area contributed by atoms with Crippen LogP contribution in [0.3, 0.4) is 0 Å². The second-order valence-corrected chi connectivity index (χ2v) is 8.02. The highest BCUT2D eigenvalue weighted by Crippen LogP contribution is 2.25. The number of carbonyl (C=O) groups excluding carboxylic acids is 2. The number of aliphatic carboxylic acids is 1. The van der Waals surface area contributed by atoms with Crippen LogP contribution in [0.5, 0.6) is 0 Å². The van der Waals surface area contributed by atoms with Crippen molar-refractivity contribution in [3.63, 3.8) is 0 Å². The molecule has 2 amide bonds. The van der Waals surface area contributed by atoms with E-state index >= 15 is 0 Å². The van der Waals surface area contributed by atoms with Crippen LogP contribution in [0.2, 0.25) is 0 Å². The van der Waals surface area contributed by atoms with Crippen molar-refractivity contribution in [2.45, 2.75) is 39.0 Å². The SMILES string of the molecule is CC(C)(C)c1nc(CC(=O)Nc2ccc(CC(=O)NCC(=O)O)cc2)cs1. The Morgan fingerprint density at radius 2 is 1.74 bits per heavy atom. The Morgan fingerprint density at radius 1 is 1.07 bits per heavy atom. The summed E-state index contributed by atoms with van der Waals surface area (Å²) in [5, 5.41) is 16.5. The van der Waals surface area contributed by atoms with E-state index in [0.717, 1.165) is 16.3 Å². The number of amides is 2. The predicted octanol–water partition coefficient (Wildman–Crippen LogP) is 2.37. The number of carboxylic acids is 1. The van der Waals surface area contributed by atoms with Crippen LogP contribution in [0.1, 0.15) is 37.0 Å². The summed E-state index contributed by atoms with van der Waals surface area (Å²) in [6.45, 7) is 5.85. The molecule has 2 rings (SSSR count). The topological polar surface area (TPSA) is 108 Å². The fourth-order valence-corrected chi connectivity index (χ4v) is 3.14. The molecule has 0 saturated carbocycles. The molecule has 0 fully saturated rings. The first-order chi connectivity index (χ1) is 12.6. The Bertz CT molecular complexity index is 822. The molecule has 144 valence electrons. The number of nitrogens with zero attached hydrogens (tertiary/aromatic N) is 1. The first-order valence-electron chi connectivity index (χ1n) is 8.45. The highest BCUT2D eigenvalue weighted by Gasteiger charge is 2.18. The minimum Gasteiger partial charge on any atom is -0.480 e. The van der Waals surface area contributed by atoms with E-state index < -0.39 is 12.5 Å². The number of hydrogen-bond acceptors (Lipinski definition) is 5. The van der Waals surface area contributed by atoms with Gasteiger partial charge in [0.2, 0.25) is 11.8 Å². The Balaban J connectivity index is 1.86. The minimum atomic E-state index is -1.09. The standard InChI is InChI=1S/C19H23N3O4S/c1-19(2,3)18-22-14(11-27-18)9-16(24)21-13-6-4-12(5-7-13)8-15(23)20-10-17(25)26/h4-7,11H,8-10H2,1-3H3,(H,20,23)(H,21,24)(H,25,26). The summed E-state index contributed by atoms with van der Waals surface area (Å²) in [7, 11) is 0. The lowest BCUT2D eigenvalue weighted by molar-refractivity contribution is -0.137. The first-order valence-corrected chi connectivity index (χ1v) is 9.33. The molecule has 0 aliphatic rings. The number of thiazole rings is 1. The van der Waals surface area contributed by atoms with Gasteiger partial charge in [-0.1, -0.05) is 32.9 Å². The summed E-state index contributed by atoms with van der Waals surface area (Å²) >= 11 is 1.55. The Morgan fingerprint density at radius 3 is 2.30 bits per heavy atom. The van der Waals surface area contributed by atoms with Crippen molar-refractivity contribution in [3.8, 4) is 0 Å². The maximum absolute atomic E-state index is 12.2. The lowest BCUT2D eigenvalue weighted by Crippen LogP contribution is -2.30. The molecule has 0 aliphatic carbocycles. The molecule has 1 aromatic carbocycles. The molecule has 0 spiro atoms. The number of nitrogens with one attached hydrogen (secondary N) is 2. The van der Waals surface area contributed by atoms with Gasteiger partial charge in [0.05, 0.1) is 23.5 Å². The van der Waals surface area contributed by atoms with Crippen molar-refractivity contribution >= 4 is 34.8 Å². The maximum atomic E-state index is 12.2. The van der Waals surface area contributed by atoms with E-state index in [0.29, 0.717) is 5.69 Å². The van der Waals surface area contributed by atoms with Crippen LogP contribution >= 0.6 is 11.3 Å². The number of hydrogen-bond donors (Lipinski definition) is 3. The molecule has 3 N–H and O–H groups in total. The van der Waals surface area contributed by atoms with Gasteiger partial charge in [0.15, 0.2) is 0 Å². The smallest absolute Gasteiger partial charge is 0.322 e. The van der Waals surface area contributed by atoms with Crippen molar-refractivity contribution in [2.24, 2.45) is 0 Å². The summed E-state index contributed by atoms with van der Waals surface area (Å²) in [6.07, 6.45) is 0.280. The van der Waals surface area contributed by atoms with E-state index in [9.17, 15) is 14.4 Å². The lowest BCUT2D eigenvalue weighted by atomic mass is 9.98. The van der Waals surface area contributed by atoms with Gasteiger partial charge in [-0.05, 0) is 17.7 Å². The van der Waals surface area contributed by atoms with E-state index in [1.807, 2.05) is 5.38 Å². The van der Waals surface area contributed by atoms with Gasteiger partial charge in [0, 0.05) is 16.5 Å². The molecule has 0 radical (unpaired) electrons. The molecule has 27 heavy (non-hydrogen) atoms. The number of carboxylic acid groups (broad SMARTS) is 1. The van der Waals surface area contributed by atoms with E-state index in [-0.39, 0.29) is 30.1 Å². The normalized spacial score (nSPS) is 11.1. The zero-order valence-electron chi connectivity index (χ0n) is 15.5. The van der Waals surface area contributed by atoms with E-state index in [2.05, 4.69) is 36.4 Å². The van der Waals surface area contributed by atoms with Crippen LogP contribution in [0.25, 0.3) is 0 Å². The molecular weight excluding hydrogens is 366 g/mol. The average molecular weight is 389 g/mol. The second-order valence-electron chi connectivity index (χ2n) is 7.16. The number of benzene rings is 1. The molecule has 0 bridgehead atoms. The first kappa shape index (κ1) is 20.6. The third kappa shape index (κ3) is 6.82. The van der Waals surface area contributed by atoms with Crippen molar-refractivity contribution < 1.29 is 19.5 Å². The molecule has 8 heteroatoms. The van der Waals surface area contributed by atoms with E-state index in [1.54, 1.807) is 35.6 Å². The molecule has 1 aromatic heterocycles. The molecule has 2 aromatic rings. The van der Waals surface area contributed by atoms with E-state index in [4.69, 9.17) is 5.11 Å². The molecule has 1 heterocycles. The largest absolute Gasteiger partial charge is 0.480 e. The number of carbonyl (C=O) groups is 3. The summed E-state index contributed by atoms with van der Waals surface area (Å²) < 4.78 is 0. The summed E-state index contributed by atoms with van der Waals surface area (Å²) in [5.41, 5.74) is 2.06.